The molecule has 1 N–H and O–H groups in total. The second kappa shape index (κ2) is 8.98. The summed E-state index contributed by atoms with van der Waals surface area (Å²) in [6.07, 6.45) is 2.60. The number of methoxy groups -OCH3 is 1. The number of nitrogens with zero attached hydrogens (tertiary/aromatic N) is 3. The number of hydrogen-bond acceptors (Lipinski definition) is 6. The highest BCUT2D eigenvalue weighted by Gasteiger charge is 2.10. The Kier molecular flexibility index (Phi) is 6.20. The van der Waals surface area contributed by atoms with Crippen molar-refractivity contribution in [2.75, 3.05) is 25.6 Å². The molecule has 0 atom stereocenters. The number of nitrogens with one attached hydrogen (secondary N) is 1. The van der Waals surface area contributed by atoms with Gasteiger partial charge in [0.25, 0.3) is 0 Å². The maximum absolute atomic E-state index is 5.75. The first-order valence-electron chi connectivity index (χ1n) is 8.95. The predicted molar refractivity (Wildman–Crippen MR) is 106 cm³/mol. The molecule has 0 fully saturated rings. The van der Waals surface area contributed by atoms with Crippen molar-refractivity contribution in [3.05, 3.63) is 59.9 Å². The van der Waals surface area contributed by atoms with Gasteiger partial charge in [-0.1, -0.05) is 6.07 Å². The average Bonchev–Trinajstić information content (AvgIpc) is 2.71. The van der Waals surface area contributed by atoms with Gasteiger partial charge in [-0.15, -0.1) is 0 Å². The van der Waals surface area contributed by atoms with E-state index in [0.29, 0.717) is 12.4 Å². The molecule has 140 valence electrons. The highest BCUT2D eigenvalue weighted by atomic mass is 16.5. The SMILES string of the molecule is COc1ccc(OCCCNc2nc(-c3ccccn3)nc(C)c2C)cc1. The van der Waals surface area contributed by atoms with E-state index < -0.39 is 0 Å². The first kappa shape index (κ1) is 18.6. The number of ether oxygens (including phenoxy) is 2. The minimum atomic E-state index is 0.621. The fraction of sp³-hybridized carbons (Fsp3) is 0.286. The standard InChI is InChI=1S/C21H24N4O2/c1-15-16(2)24-21(19-7-4-5-12-22-19)25-20(15)23-13-6-14-27-18-10-8-17(26-3)9-11-18/h4-5,7-12H,6,13-14H2,1-3H3,(H,23,24,25). The summed E-state index contributed by atoms with van der Waals surface area (Å²) in [5.74, 6) is 3.13. The van der Waals surface area contributed by atoms with Gasteiger partial charge in [0, 0.05) is 24.0 Å². The molecule has 0 unspecified atom stereocenters. The van der Waals surface area contributed by atoms with E-state index >= 15 is 0 Å². The molecule has 0 radical (unpaired) electrons. The van der Waals surface area contributed by atoms with Crippen LogP contribution in [0.3, 0.4) is 0 Å². The zero-order valence-electron chi connectivity index (χ0n) is 15.9. The zero-order chi connectivity index (χ0) is 19.1. The normalized spacial score (nSPS) is 10.5. The van der Waals surface area contributed by atoms with Crippen molar-refractivity contribution in [3.8, 4) is 23.0 Å². The Morgan fingerprint density at radius 3 is 2.44 bits per heavy atom. The summed E-state index contributed by atoms with van der Waals surface area (Å²) in [6, 6.07) is 13.3. The smallest absolute Gasteiger partial charge is 0.180 e. The molecule has 0 bridgehead atoms. The van der Waals surface area contributed by atoms with Crippen molar-refractivity contribution >= 4 is 5.82 Å². The first-order valence-corrected chi connectivity index (χ1v) is 8.95. The Hall–Kier alpha value is -3.15. The zero-order valence-corrected chi connectivity index (χ0v) is 15.9. The summed E-state index contributed by atoms with van der Waals surface area (Å²) < 4.78 is 10.9. The van der Waals surface area contributed by atoms with Crippen LogP contribution in [-0.2, 0) is 0 Å². The number of hydrogen-bond donors (Lipinski definition) is 1. The molecule has 3 aromatic rings. The van der Waals surface area contributed by atoms with Crippen LogP contribution in [-0.4, -0.2) is 35.2 Å². The van der Waals surface area contributed by atoms with E-state index in [1.54, 1.807) is 13.3 Å². The van der Waals surface area contributed by atoms with Crippen molar-refractivity contribution in [2.24, 2.45) is 0 Å². The van der Waals surface area contributed by atoms with E-state index in [1.807, 2.05) is 56.3 Å². The van der Waals surface area contributed by atoms with Gasteiger partial charge in [-0.2, -0.15) is 0 Å². The van der Waals surface area contributed by atoms with E-state index in [2.05, 4.69) is 20.3 Å². The molecule has 27 heavy (non-hydrogen) atoms. The minimum Gasteiger partial charge on any atom is -0.497 e. The third kappa shape index (κ3) is 4.94. The van der Waals surface area contributed by atoms with Crippen LogP contribution in [0.15, 0.2) is 48.7 Å². The second-order valence-electron chi connectivity index (χ2n) is 6.13. The van der Waals surface area contributed by atoms with Crippen LogP contribution < -0.4 is 14.8 Å². The van der Waals surface area contributed by atoms with Crippen LogP contribution in [0, 0.1) is 13.8 Å². The molecular formula is C21H24N4O2. The van der Waals surface area contributed by atoms with Gasteiger partial charge in [-0.05, 0) is 56.7 Å². The summed E-state index contributed by atoms with van der Waals surface area (Å²) in [7, 11) is 1.65. The number of aromatic nitrogens is 3. The molecule has 0 saturated carbocycles. The molecule has 0 aliphatic rings. The lowest BCUT2D eigenvalue weighted by Crippen LogP contribution is -2.11. The average molecular weight is 364 g/mol. The third-order valence-electron chi connectivity index (χ3n) is 4.22. The van der Waals surface area contributed by atoms with Crippen LogP contribution in [0.2, 0.25) is 0 Å². The van der Waals surface area contributed by atoms with Gasteiger partial charge in [0.15, 0.2) is 5.82 Å². The van der Waals surface area contributed by atoms with Gasteiger partial charge in [0.1, 0.15) is 23.0 Å². The quantitative estimate of drug-likeness (QED) is 0.608. The van der Waals surface area contributed by atoms with Gasteiger partial charge in [0.2, 0.25) is 0 Å². The topological polar surface area (TPSA) is 69.2 Å². The molecule has 6 nitrogen and oxygen atoms in total. The molecule has 0 spiro atoms. The molecular weight excluding hydrogens is 340 g/mol. The van der Waals surface area contributed by atoms with Gasteiger partial charge < -0.3 is 14.8 Å². The van der Waals surface area contributed by atoms with E-state index in [-0.39, 0.29) is 0 Å². The second-order valence-corrected chi connectivity index (χ2v) is 6.13. The summed E-state index contributed by atoms with van der Waals surface area (Å²) >= 11 is 0. The lowest BCUT2D eigenvalue weighted by molar-refractivity contribution is 0.314. The largest absolute Gasteiger partial charge is 0.497 e. The number of benzene rings is 1. The maximum atomic E-state index is 5.75. The van der Waals surface area contributed by atoms with Gasteiger partial charge in [-0.3, -0.25) is 4.98 Å². The van der Waals surface area contributed by atoms with Gasteiger partial charge in [-0.25, -0.2) is 9.97 Å². The Bertz CT molecular complexity index is 867. The van der Waals surface area contributed by atoms with Crippen LogP contribution in [0.4, 0.5) is 5.82 Å². The highest BCUT2D eigenvalue weighted by Crippen LogP contribution is 2.20. The Morgan fingerprint density at radius 1 is 0.963 bits per heavy atom. The van der Waals surface area contributed by atoms with Crippen molar-refractivity contribution in [1.82, 2.24) is 15.0 Å². The Balaban J connectivity index is 1.55. The Labute approximate surface area is 159 Å². The molecule has 2 aromatic heterocycles. The fourth-order valence-electron chi connectivity index (χ4n) is 2.55. The van der Waals surface area contributed by atoms with E-state index in [4.69, 9.17) is 9.47 Å². The number of pyridine rings is 1. The van der Waals surface area contributed by atoms with Crippen LogP contribution in [0.1, 0.15) is 17.7 Å². The van der Waals surface area contributed by atoms with E-state index in [1.165, 1.54) is 0 Å². The predicted octanol–water partition coefficient (Wildman–Crippen LogP) is 4.05. The highest BCUT2D eigenvalue weighted by molar-refractivity contribution is 5.56. The summed E-state index contributed by atoms with van der Waals surface area (Å²) in [5, 5.41) is 3.39. The van der Waals surface area contributed by atoms with Gasteiger partial charge >= 0.3 is 0 Å². The third-order valence-corrected chi connectivity index (χ3v) is 4.22. The van der Waals surface area contributed by atoms with E-state index in [9.17, 15) is 0 Å². The van der Waals surface area contributed by atoms with Crippen LogP contribution in [0.25, 0.3) is 11.5 Å². The Morgan fingerprint density at radius 2 is 1.74 bits per heavy atom. The molecule has 0 amide bonds. The first-order chi connectivity index (χ1) is 13.2. The van der Waals surface area contributed by atoms with Crippen molar-refractivity contribution in [3.63, 3.8) is 0 Å². The fourth-order valence-corrected chi connectivity index (χ4v) is 2.55. The molecule has 0 aliphatic heterocycles. The van der Waals surface area contributed by atoms with Gasteiger partial charge in [0.05, 0.1) is 13.7 Å². The number of anilines is 1. The minimum absolute atomic E-state index is 0.621. The lowest BCUT2D eigenvalue weighted by Gasteiger charge is -2.12. The molecule has 3 rings (SSSR count). The lowest BCUT2D eigenvalue weighted by atomic mass is 10.2. The molecule has 0 saturated heterocycles. The summed E-state index contributed by atoms with van der Waals surface area (Å²) in [5.41, 5.74) is 2.76. The number of rotatable bonds is 8. The van der Waals surface area contributed by atoms with Crippen molar-refractivity contribution in [2.45, 2.75) is 20.3 Å². The van der Waals surface area contributed by atoms with Crippen molar-refractivity contribution < 1.29 is 9.47 Å². The monoisotopic (exact) mass is 364 g/mol. The molecule has 2 heterocycles. The van der Waals surface area contributed by atoms with Crippen LogP contribution in [0.5, 0.6) is 11.5 Å². The van der Waals surface area contributed by atoms with E-state index in [0.717, 1.165) is 47.2 Å². The van der Waals surface area contributed by atoms with Crippen LogP contribution >= 0.6 is 0 Å². The molecule has 1 aromatic carbocycles. The molecule has 6 heteroatoms. The number of aryl methyl sites for hydroxylation is 1. The summed E-state index contributed by atoms with van der Waals surface area (Å²) in [4.78, 5) is 13.5. The van der Waals surface area contributed by atoms with Crippen molar-refractivity contribution in [1.29, 1.82) is 0 Å². The summed E-state index contributed by atoms with van der Waals surface area (Å²) in [6.45, 7) is 5.39. The maximum Gasteiger partial charge on any atom is 0.180 e. The molecule has 0 aliphatic carbocycles.